The average Bonchev–Trinajstić information content (AvgIpc) is 2.95. The van der Waals surface area contributed by atoms with Gasteiger partial charge in [0.15, 0.2) is 5.82 Å². The first-order chi connectivity index (χ1) is 12.9. The van der Waals surface area contributed by atoms with Crippen LogP contribution in [0.25, 0.3) is 0 Å². The number of anilines is 1. The molecular formula is C21H28N4O2. The normalized spacial score (nSPS) is 21.0. The molecule has 2 aliphatic heterocycles. The summed E-state index contributed by atoms with van der Waals surface area (Å²) in [5.41, 5.74) is 2.44. The maximum Gasteiger partial charge on any atom is 0.293 e. The van der Waals surface area contributed by atoms with Crippen molar-refractivity contribution in [2.75, 3.05) is 18.0 Å². The fourth-order valence-electron chi connectivity index (χ4n) is 4.07. The molecule has 1 atom stereocenters. The first-order valence-corrected chi connectivity index (χ1v) is 9.72. The van der Waals surface area contributed by atoms with Crippen LogP contribution in [0.2, 0.25) is 0 Å². The van der Waals surface area contributed by atoms with Gasteiger partial charge in [-0.3, -0.25) is 4.79 Å². The highest BCUT2D eigenvalue weighted by atomic mass is 16.5. The van der Waals surface area contributed by atoms with Crippen LogP contribution in [-0.4, -0.2) is 34.3 Å². The Labute approximate surface area is 160 Å². The third-order valence-corrected chi connectivity index (χ3v) is 5.44. The van der Waals surface area contributed by atoms with E-state index in [1.807, 2.05) is 0 Å². The van der Waals surface area contributed by atoms with Crippen molar-refractivity contribution in [1.29, 1.82) is 0 Å². The van der Waals surface area contributed by atoms with Crippen molar-refractivity contribution in [3.63, 3.8) is 0 Å². The highest BCUT2D eigenvalue weighted by molar-refractivity contribution is 5.42. The molecule has 0 bridgehead atoms. The van der Waals surface area contributed by atoms with Gasteiger partial charge in [0.25, 0.3) is 5.56 Å². The Kier molecular flexibility index (Phi) is 4.68. The van der Waals surface area contributed by atoms with Crippen molar-refractivity contribution < 1.29 is 4.74 Å². The minimum Gasteiger partial charge on any atom is -0.487 e. The molecule has 1 aromatic heterocycles. The van der Waals surface area contributed by atoms with Crippen LogP contribution in [0.3, 0.4) is 0 Å². The van der Waals surface area contributed by atoms with E-state index in [0.29, 0.717) is 11.9 Å². The molecule has 0 saturated carbocycles. The lowest BCUT2D eigenvalue weighted by Crippen LogP contribution is -2.47. The van der Waals surface area contributed by atoms with Gasteiger partial charge in [0.05, 0.1) is 0 Å². The summed E-state index contributed by atoms with van der Waals surface area (Å²) in [4.78, 5) is 18.8. The zero-order chi connectivity index (χ0) is 19.0. The number of benzene rings is 1. The fourth-order valence-corrected chi connectivity index (χ4v) is 4.07. The van der Waals surface area contributed by atoms with Crippen LogP contribution < -0.4 is 20.5 Å². The van der Waals surface area contributed by atoms with Gasteiger partial charge < -0.3 is 19.5 Å². The molecule has 144 valence electrons. The molecule has 0 amide bonds. The van der Waals surface area contributed by atoms with Crippen LogP contribution in [0.4, 0.5) is 5.82 Å². The number of rotatable bonds is 4. The Bertz CT molecular complexity index is 890. The van der Waals surface area contributed by atoms with E-state index in [2.05, 4.69) is 47.2 Å². The summed E-state index contributed by atoms with van der Waals surface area (Å²) in [6, 6.07) is 6.84. The van der Waals surface area contributed by atoms with Crippen molar-refractivity contribution in [3.8, 4) is 5.75 Å². The van der Waals surface area contributed by atoms with Crippen LogP contribution in [0, 0.1) is 0 Å². The lowest BCUT2D eigenvalue weighted by atomic mass is 10.00. The number of nitrogens with one attached hydrogen (secondary N) is 1. The largest absolute Gasteiger partial charge is 0.487 e. The van der Waals surface area contributed by atoms with Gasteiger partial charge >= 0.3 is 0 Å². The number of nitrogens with zero attached hydrogens (tertiary/aromatic N) is 3. The topological polar surface area (TPSA) is 59.4 Å². The number of hydrogen-bond acceptors (Lipinski definition) is 5. The third kappa shape index (κ3) is 3.86. The van der Waals surface area contributed by atoms with Gasteiger partial charge in [-0.1, -0.05) is 12.1 Å². The zero-order valence-electron chi connectivity index (χ0n) is 16.4. The molecule has 6 heteroatoms. The molecule has 0 radical (unpaired) electrons. The van der Waals surface area contributed by atoms with E-state index in [-0.39, 0.29) is 11.2 Å². The highest BCUT2D eigenvalue weighted by Gasteiger charge is 2.30. The number of hydrogen-bond donors (Lipinski definition) is 1. The number of aryl methyl sites for hydroxylation is 1. The Morgan fingerprint density at radius 3 is 3.07 bits per heavy atom. The van der Waals surface area contributed by atoms with Gasteiger partial charge in [-0.15, -0.1) is 0 Å². The van der Waals surface area contributed by atoms with Crippen molar-refractivity contribution in [2.24, 2.45) is 7.05 Å². The van der Waals surface area contributed by atoms with Crippen molar-refractivity contribution in [1.82, 2.24) is 14.9 Å². The van der Waals surface area contributed by atoms with E-state index in [9.17, 15) is 4.79 Å². The van der Waals surface area contributed by atoms with Gasteiger partial charge in [-0.25, -0.2) is 4.98 Å². The van der Waals surface area contributed by atoms with E-state index in [0.717, 1.165) is 44.6 Å². The van der Waals surface area contributed by atoms with Crippen molar-refractivity contribution in [2.45, 2.75) is 51.3 Å². The molecule has 3 heterocycles. The Morgan fingerprint density at radius 2 is 2.22 bits per heavy atom. The second-order valence-corrected chi connectivity index (χ2v) is 8.31. The monoisotopic (exact) mass is 368 g/mol. The molecule has 2 aliphatic rings. The molecule has 6 nitrogen and oxygen atoms in total. The summed E-state index contributed by atoms with van der Waals surface area (Å²) in [5.74, 6) is 1.57. The minimum atomic E-state index is -0.104. The van der Waals surface area contributed by atoms with Crippen LogP contribution in [-0.2, 0) is 20.0 Å². The Balaban J connectivity index is 1.39. The molecule has 0 aliphatic carbocycles. The van der Waals surface area contributed by atoms with E-state index in [1.165, 1.54) is 11.1 Å². The maximum atomic E-state index is 12.3. The summed E-state index contributed by atoms with van der Waals surface area (Å²) in [7, 11) is 1.77. The molecule has 4 rings (SSSR count). The molecular weight excluding hydrogens is 340 g/mol. The number of fused-ring (bicyclic) bond motifs is 1. The van der Waals surface area contributed by atoms with E-state index < -0.39 is 0 Å². The standard InChI is InChI=1S/C21H28N4O2/c1-21(2)12-16-11-15(6-7-18(16)27-21)13-23-17-5-4-9-25(14-17)19-20(26)24(3)10-8-22-19/h6-8,10-11,17,23H,4-5,9,12-14H2,1-3H3/t17-/m0/s1. The van der Waals surface area contributed by atoms with Gasteiger partial charge in [0.1, 0.15) is 11.4 Å². The lowest BCUT2D eigenvalue weighted by Gasteiger charge is -2.33. The van der Waals surface area contributed by atoms with Crippen LogP contribution in [0.15, 0.2) is 35.4 Å². The highest BCUT2D eigenvalue weighted by Crippen LogP contribution is 2.35. The first-order valence-electron chi connectivity index (χ1n) is 9.72. The Hall–Kier alpha value is -2.34. The van der Waals surface area contributed by atoms with Gasteiger partial charge in [-0.05, 0) is 43.9 Å². The third-order valence-electron chi connectivity index (χ3n) is 5.44. The quantitative estimate of drug-likeness (QED) is 0.897. The average molecular weight is 368 g/mol. The molecule has 2 aromatic rings. The van der Waals surface area contributed by atoms with E-state index in [1.54, 1.807) is 24.0 Å². The van der Waals surface area contributed by atoms with Crippen LogP contribution >= 0.6 is 0 Å². The smallest absolute Gasteiger partial charge is 0.293 e. The van der Waals surface area contributed by atoms with Gasteiger partial charge in [0.2, 0.25) is 0 Å². The van der Waals surface area contributed by atoms with Crippen LogP contribution in [0.5, 0.6) is 5.75 Å². The first kappa shape index (κ1) is 18.0. The van der Waals surface area contributed by atoms with Gasteiger partial charge in [-0.2, -0.15) is 0 Å². The maximum absolute atomic E-state index is 12.3. The second kappa shape index (κ2) is 7.00. The summed E-state index contributed by atoms with van der Waals surface area (Å²) in [5, 5.41) is 3.66. The second-order valence-electron chi connectivity index (χ2n) is 8.31. The molecule has 1 saturated heterocycles. The minimum absolute atomic E-state index is 0.0283. The number of piperidine rings is 1. The van der Waals surface area contributed by atoms with Gasteiger partial charge in [0, 0.05) is 51.5 Å². The molecule has 0 unspecified atom stereocenters. The van der Waals surface area contributed by atoms with Crippen molar-refractivity contribution >= 4 is 5.82 Å². The molecule has 0 spiro atoms. The lowest BCUT2D eigenvalue weighted by molar-refractivity contribution is 0.138. The van der Waals surface area contributed by atoms with Crippen LogP contribution in [0.1, 0.15) is 37.8 Å². The summed E-state index contributed by atoms with van der Waals surface area (Å²) in [6.07, 6.45) is 6.52. The SMILES string of the molecule is Cn1ccnc(N2CCC[C@H](NCc3ccc4c(c3)CC(C)(C)O4)C2)c1=O. The fraction of sp³-hybridized carbons (Fsp3) is 0.524. The Morgan fingerprint density at radius 1 is 1.37 bits per heavy atom. The van der Waals surface area contributed by atoms with Crippen molar-refractivity contribution in [3.05, 3.63) is 52.1 Å². The number of ether oxygens (including phenoxy) is 1. The zero-order valence-corrected chi connectivity index (χ0v) is 16.4. The van der Waals surface area contributed by atoms with E-state index in [4.69, 9.17) is 4.74 Å². The molecule has 1 fully saturated rings. The summed E-state index contributed by atoms with van der Waals surface area (Å²) < 4.78 is 7.55. The predicted octanol–water partition coefficient (Wildman–Crippen LogP) is 2.25. The van der Waals surface area contributed by atoms with E-state index >= 15 is 0 Å². The number of aromatic nitrogens is 2. The summed E-state index contributed by atoms with van der Waals surface area (Å²) in [6.45, 7) is 6.78. The summed E-state index contributed by atoms with van der Waals surface area (Å²) >= 11 is 0. The molecule has 1 N–H and O–H groups in total. The predicted molar refractivity (Wildman–Crippen MR) is 106 cm³/mol. The molecule has 1 aromatic carbocycles. The molecule has 27 heavy (non-hydrogen) atoms.